The summed E-state index contributed by atoms with van der Waals surface area (Å²) in [5.74, 6) is 0. The maximum absolute atomic E-state index is 10.5. The van der Waals surface area contributed by atoms with Crippen molar-refractivity contribution in [3.8, 4) is 0 Å². The first-order valence-electron chi connectivity index (χ1n) is 31.4. The van der Waals surface area contributed by atoms with Crippen LogP contribution in [-0.2, 0) is 66.4 Å². The maximum atomic E-state index is 10.5. The Morgan fingerprint density at radius 1 is 0.279 bits per heavy atom. The van der Waals surface area contributed by atoms with Gasteiger partial charge in [0, 0.05) is 8.41 Å². The molecule has 43 atom stereocenters. The van der Waals surface area contributed by atoms with Crippen LogP contribution >= 0.6 is 0 Å². The summed E-state index contributed by atoms with van der Waals surface area (Å²) in [7, 11) is 0. The van der Waals surface area contributed by atoms with E-state index in [2.05, 4.69) is 0 Å². The maximum Gasteiger partial charge on any atom is 1.00 e. The Labute approximate surface area is 613 Å². The van der Waals surface area contributed by atoms with Crippen molar-refractivity contribution in [3.05, 3.63) is 0 Å². The minimum atomic E-state index is -2.04. The molecule has 7 aliphatic rings. The number of aliphatic hydroxyl groups is 34. The summed E-state index contributed by atoms with van der Waals surface area (Å²) < 4.78 is 67.7. The van der Waals surface area contributed by atoms with Gasteiger partial charge in [-0.05, 0) is 0 Å². The quantitative estimate of drug-likeness (QED) is 0.0244. The second-order valence-corrected chi connectivity index (χ2v) is 24.6. The van der Waals surface area contributed by atoms with Gasteiger partial charge in [0.25, 0.3) is 0 Å². The second kappa shape index (κ2) is 44.9. The molecule has 0 aromatic carbocycles. The normalized spacial score (nSPS) is 45.0. The Balaban J connectivity index is 0.000000528. The van der Waals surface area contributed by atoms with Crippen LogP contribution in [0.3, 0.4) is 0 Å². The summed E-state index contributed by atoms with van der Waals surface area (Å²) in [6.45, 7) is -6.93. The Kier molecular flexibility index (Phi) is 41.9. The molecule has 0 bridgehead atoms. The second-order valence-electron chi connectivity index (χ2n) is 24.6. The first-order valence-corrected chi connectivity index (χ1v) is 31.4. The molecule has 104 heavy (non-hydrogen) atoms. The van der Waals surface area contributed by atoms with Crippen molar-refractivity contribution in [1.29, 1.82) is 0 Å². The third-order valence-electron chi connectivity index (χ3n) is 17.4. The fourth-order valence-corrected chi connectivity index (χ4v) is 10.7. The van der Waals surface area contributed by atoms with Crippen molar-refractivity contribution in [3.63, 3.8) is 0 Å². The Morgan fingerprint density at radius 2 is 0.490 bits per heavy atom. The fourth-order valence-electron chi connectivity index (χ4n) is 10.7. The van der Waals surface area contributed by atoms with Crippen molar-refractivity contribution < 1.29 is 271 Å². The summed E-state index contributed by atoms with van der Waals surface area (Å²) in [6.07, 6.45) is -72.7. The first-order chi connectivity index (χ1) is 47.8. The third kappa shape index (κ3) is 24.4. The van der Waals surface area contributed by atoms with Gasteiger partial charge < -0.3 is 241 Å². The Bertz CT molecular complexity index is 2370. The number of hydrogen-bond acceptors (Lipinski definition) is 48. The van der Waals surface area contributed by atoms with Crippen molar-refractivity contribution in [1.82, 2.24) is 0 Å². The molecule has 7 saturated heterocycles. The molecule has 50 heteroatoms. The monoisotopic (exact) mass is 1550 g/mol. The molecule has 0 amide bonds. The number of ether oxygens (including phenoxy) is 13. The van der Waals surface area contributed by atoms with Crippen LogP contribution in [0.15, 0.2) is 0 Å². The Morgan fingerprint density at radius 3 is 0.740 bits per heavy atom. The van der Waals surface area contributed by atoms with Gasteiger partial charge in [-0.1, -0.05) is 0 Å². The van der Waals surface area contributed by atoms with Gasteiger partial charge in [-0.2, -0.15) is 0 Å². The van der Waals surface area contributed by atoms with E-state index in [-0.39, 0.29) is 45.7 Å². The van der Waals surface area contributed by atoms with Crippen LogP contribution in [0, 0.1) is 0 Å². The molecule has 0 aliphatic carbocycles. The molecule has 0 spiro atoms. The molecule has 34 N–H and O–H groups in total. The summed E-state index contributed by atoms with van der Waals surface area (Å²) in [4.78, 5) is 10.5. The van der Waals surface area contributed by atoms with Gasteiger partial charge in [0.05, 0.1) is 66.1 Å². The smallest absolute Gasteiger partial charge is 1.00 e. The summed E-state index contributed by atoms with van der Waals surface area (Å²) >= 11 is 0. The number of carbonyl (C=O) groups is 1. The third-order valence-corrected chi connectivity index (χ3v) is 17.4. The van der Waals surface area contributed by atoms with Crippen LogP contribution in [-0.4, -0.2) is 518 Å². The standard InChI is InChI=1S/C18H32O16.C18H34O16.C18H32O16.B.Na.H/c19-1-4-7(20)11(24)14(27)17(33-4)31-3-6-9(22)12(25)15(28)18(34-6)30-2-5-8(21)10(23)13(26)16(29)32-5;2*19-1-5(21)9(23)10(24)6(22)3-31-17-16(30)14(28)12(26)8(34-17)4-32-18-15(29)13(27)11(25)7(2-20)33-18;;;/h4-29H,1-3H2;5-30H,1-4H2;1,5-18,20-30H,2-4H2;;;/q;;;;+1;-1. The Hall–Kier alpha value is -1.15. The van der Waals surface area contributed by atoms with Crippen LogP contribution < -0.4 is 29.6 Å². The molecule has 0 aromatic rings. The zero-order valence-corrected chi connectivity index (χ0v) is 57.0. The average Bonchev–Trinajstić information content (AvgIpc) is 0.812. The molecule has 3 radical (unpaired) electrons. The van der Waals surface area contributed by atoms with Gasteiger partial charge in [-0.3, -0.25) is 0 Å². The van der Waals surface area contributed by atoms with Gasteiger partial charge >= 0.3 is 29.6 Å². The topological polar surface area (TPSA) is 825 Å². The van der Waals surface area contributed by atoms with Crippen LogP contribution in [0.25, 0.3) is 0 Å². The molecule has 7 rings (SSSR count). The van der Waals surface area contributed by atoms with Crippen molar-refractivity contribution >= 4 is 14.7 Å². The van der Waals surface area contributed by atoms with E-state index >= 15 is 0 Å². The molecule has 7 heterocycles. The van der Waals surface area contributed by atoms with E-state index in [4.69, 9.17) is 66.7 Å². The predicted molar refractivity (Wildman–Crippen MR) is 314 cm³/mol. The summed E-state index contributed by atoms with van der Waals surface area (Å²) in [5.41, 5.74) is 0. The largest absolute Gasteiger partial charge is 1.00 e. The van der Waals surface area contributed by atoms with E-state index < -0.39 is 330 Å². The zero-order valence-electron chi connectivity index (χ0n) is 56.0. The molecule has 48 nitrogen and oxygen atoms in total. The van der Waals surface area contributed by atoms with Crippen LogP contribution in [0.5, 0.6) is 0 Å². The molecule has 43 unspecified atom stereocenters. The van der Waals surface area contributed by atoms with E-state index in [1.807, 2.05) is 0 Å². The molecule has 0 saturated carbocycles. The molecular formula is C54H99BNaO48. The SMILES string of the molecule is O=CC(O)C(O)C(O)C(O)COC1OC(COC2OC(CO)C(O)C(O)C2O)C(O)C(O)C1O.OCC(O)C(O)C(O)C(O)COC1OC(COC2OC(CO)C(O)C(O)C2O)C(O)C(O)C1O.OCC1OC(OCC2OC(OCC3OC(O)C(O)C(O)C3O)C(O)C(O)C2O)C(O)C(O)C1O.[B].[H-].[Na+]. The number of aldehydes is 1. The number of aliphatic hydroxyl groups excluding tert-OH is 34. The van der Waals surface area contributed by atoms with E-state index in [9.17, 15) is 173 Å². The van der Waals surface area contributed by atoms with Crippen LogP contribution in [0.2, 0.25) is 0 Å². The van der Waals surface area contributed by atoms with Gasteiger partial charge in [0.2, 0.25) is 0 Å². The van der Waals surface area contributed by atoms with Gasteiger partial charge in [0.1, 0.15) is 220 Å². The van der Waals surface area contributed by atoms with Crippen molar-refractivity contribution in [2.45, 2.75) is 264 Å². The predicted octanol–water partition coefficient (Wildman–Crippen LogP) is -26.5. The molecule has 7 aliphatic heterocycles. The molecule has 7 fully saturated rings. The van der Waals surface area contributed by atoms with Crippen molar-refractivity contribution in [2.24, 2.45) is 0 Å². The van der Waals surface area contributed by atoms with E-state index in [0.29, 0.717) is 0 Å². The summed E-state index contributed by atoms with van der Waals surface area (Å²) in [5, 5.41) is 332. The zero-order chi connectivity index (χ0) is 76.8. The summed E-state index contributed by atoms with van der Waals surface area (Å²) in [6, 6.07) is 0. The molecule has 607 valence electrons. The minimum absolute atomic E-state index is 0. The number of carbonyl (C=O) groups excluding carboxylic acids is 1. The van der Waals surface area contributed by atoms with E-state index in [1.54, 1.807) is 0 Å². The van der Waals surface area contributed by atoms with Crippen LogP contribution in [0.1, 0.15) is 1.43 Å². The van der Waals surface area contributed by atoms with Gasteiger partial charge in [-0.25, -0.2) is 0 Å². The van der Waals surface area contributed by atoms with Gasteiger partial charge in [-0.15, -0.1) is 0 Å². The number of hydrogen-bond donors (Lipinski definition) is 34. The number of rotatable bonds is 29. The fraction of sp³-hybridized carbons (Fsp3) is 0.981. The average molecular weight is 1550 g/mol. The molecule has 0 aromatic heterocycles. The van der Waals surface area contributed by atoms with Crippen molar-refractivity contribution in [2.75, 3.05) is 66.1 Å². The first kappa shape index (κ1) is 97.1. The van der Waals surface area contributed by atoms with E-state index in [1.165, 1.54) is 0 Å². The minimum Gasteiger partial charge on any atom is -1.00 e. The molecular weight excluding hydrogens is 1450 g/mol. The van der Waals surface area contributed by atoms with Gasteiger partial charge in [0.15, 0.2) is 50.3 Å². The van der Waals surface area contributed by atoms with Crippen LogP contribution in [0.4, 0.5) is 0 Å². The van der Waals surface area contributed by atoms with E-state index in [0.717, 1.165) is 0 Å².